The highest BCUT2D eigenvalue weighted by Gasteiger charge is 2.35. The van der Waals surface area contributed by atoms with E-state index in [0.29, 0.717) is 17.7 Å². The van der Waals surface area contributed by atoms with Crippen molar-refractivity contribution in [1.82, 2.24) is 9.78 Å². The van der Waals surface area contributed by atoms with Crippen LogP contribution >= 0.6 is 0 Å². The van der Waals surface area contributed by atoms with Crippen LogP contribution in [0.2, 0.25) is 0 Å². The van der Waals surface area contributed by atoms with Crippen molar-refractivity contribution in [3.63, 3.8) is 0 Å². The van der Waals surface area contributed by atoms with E-state index in [0.717, 1.165) is 6.07 Å². The Hall–Kier alpha value is -2.22. The monoisotopic (exact) mass is 301 g/mol. The van der Waals surface area contributed by atoms with E-state index in [2.05, 4.69) is 5.10 Å². The summed E-state index contributed by atoms with van der Waals surface area (Å²) in [6.45, 7) is 0. The first-order chi connectivity index (χ1) is 9.70. The largest absolute Gasteiger partial charge is 0.419 e. The van der Waals surface area contributed by atoms with E-state index in [1.54, 1.807) is 7.05 Å². The maximum atomic E-state index is 13.2. The zero-order valence-corrected chi connectivity index (χ0v) is 10.9. The van der Waals surface area contributed by atoms with E-state index in [1.807, 2.05) is 0 Å². The lowest BCUT2D eigenvalue weighted by atomic mass is 9.98. The molecule has 0 aliphatic heterocycles. The number of alkyl halides is 3. The molecular weight excluding hydrogens is 290 g/mol. The van der Waals surface area contributed by atoms with Crippen molar-refractivity contribution in [3.05, 3.63) is 53.1 Å². The molecule has 0 radical (unpaired) electrons. The first-order valence-electron chi connectivity index (χ1n) is 5.85. The average molecular weight is 301 g/mol. The van der Waals surface area contributed by atoms with E-state index in [1.165, 1.54) is 17.1 Å². The number of aromatic nitrogens is 2. The fourth-order valence-corrected chi connectivity index (χ4v) is 1.83. The van der Waals surface area contributed by atoms with Crippen LogP contribution in [0.3, 0.4) is 0 Å². The summed E-state index contributed by atoms with van der Waals surface area (Å²) in [7, 11) is 1.61. The summed E-state index contributed by atoms with van der Waals surface area (Å²) in [5, 5.41) is 3.83. The minimum Gasteiger partial charge on any atom is -0.317 e. The second-order valence-electron chi connectivity index (χ2n) is 4.48. The van der Waals surface area contributed by atoms with Crippen LogP contribution in [0.15, 0.2) is 30.6 Å². The number of nitrogens with two attached hydrogens (primary N) is 1. The van der Waals surface area contributed by atoms with Crippen molar-refractivity contribution in [3.8, 4) is 0 Å². The van der Waals surface area contributed by atoms with E-state index < -0.39 is 29.4 Å². The van der Waals surface area contributed by atoms with Gasteiger partial charge in [0.2, 0.25) is 0 Å². The minimum atomic E-state index is -4.88. The molecule has 0 aliphatic carbocycles. The van der Waals surface area contributed by atoms with Crippen LogP contribution < -0.4 is 5.73 Å². The lowest BCUT2D eigenvalue weighted by Crippen LogP contribution is -2.22. The summed E-state index contributed by atoms with van der Waals surface area (Å²) >= 11 is 0. The maximum Gasteiger partial charge on any atom is 0.419 e. The van der Waals surface area contributed by atoms with Gasteiger partial charge < -0.3 is 5.73 Å². The summed E-state index contributed by atoms with van der Waals surface area (Å²) in [6, 6.07) is 0.883. The zero-order valence-electron chi connectivity index (χ0n) is 10.9. The predicted molar refractivity (Wildman–Crippen MR) is 65.9 cm³/mol. The smallest absolute Gasteiger partial charge is 0.317 e. The normalized spacial score (nSPS) is 13.2. The number of aryl methyl sites for hydroxylation is 1. The van der Waals surface area contributed by atoms with Crippen LogP contribution in [0.1, 0.15) is 27.5 Å². The molecule has 2 N–H and O–H groups in total. The summed E-state index contributed by atoms with van der Waals surface area (Å²) in [4.78, 5) is 12.1. The van der Waals surface area contributed by atoms with Crippen molar-refractivity contribution in [2.24, 2.45) is 12.8 Å². The van der Waals surface area contributed by atoms with Crippen molar-refractivity contribution in [2.75, 3.05) is 0 Å². The number of benzene rings is 1. The second-order valence-corrected chi connectivity index (χ2v) is 4.48. The summed E-state index contributed by atoms with van der Waals surface area (Å²) in [5.74, 6) is -2.18. The van der Waals surface area contributed by atoms with Crippen molar-refractivity contribution < 1.29 is 22.4 Å². The average Bonchev–Trinajstić information content (AvgIpc) is 2.83. The van der Waals surface area contributed by atoms with Gasteiger partial charge in [0.1, 0.15) is 5.82 Å². The molecule has 2 rings (SSSR count). The first kappa shape index (κ1) is 15.2. The third kappa shape index (κ3) is 3.10. The zero-order chi connectivity index (χ0) is 15.8. The van der Waals surface area contributed by atoms with Crippen LogP contribution in [-0.4, -0.2) is 15.6 Å². The van der Waals surface area contributed by atoms with Gasteiger partial charge in [0.05, 0.1) is 17.8 Å². The molecule has 8 heteroatoms. The number of halogens is 4. The predicted octanol–water partition coefficient (Wildman–Crippen LogP) is 2.46. The van der Waals surface area contributed by atoms with Gasteiger partial charge in [0, 0.05) is 24.4 Å². The Morgan fingerprint density at radius 1 is 1.38 bits per heavy atom. The molecule has 0 saturated carbocycles. The Morgan fingerprint density at radius 3 is 2.57 bits per heavy atom. The lowest BCUT2D eigenvalue weighted by molar-refractivity contribution is -0.140. The quantitative estimate of drug-likeness (QED) is 0.700. The van der Waals surface area contributed by atoms with Crippen LogP contribution in [0.4, 0.5) is 17.6 Å². The molecule has 0 fully saturated rings. The number of ketones is 1. The molecule has 21 heavy (non-hydrogen) atoms. The number of carbonyl (C=O) groups is 1. The van der Waals surface area contributed by atoms with Crippen molar-refractivity contribution in [1.29, 1.82) is 0 Å². The highest BCUT2D eigenvalue weighted by molar-refractivity contribution is 6.00. The van der Waals surface area contributed by atoms with Crippen molar-refractivity contribution >= 4 is 5.78 Å². The Bertz CT molecular complexity index is 678. The van der Waals surface area contributed by atoms with Gasteiger partial charge in [-0.3, -0.25) is 9.48 Å². The second kappa shape index (κ2) is 5.28. The van der Waals surface area contributed by atoms with Crippen LogP contribution in [0, 0.1) is 5.82 Å². The van der Waals surface area contributed by atoms with Gasteiger partial charge in [-0.05, 0) is 18.2 Å². The van der Waals surface area contributed by atoms with E-state index in [9.17, 15) is 22.4 Å². The van der Waals surface area contributed by atoms with Gasteiger partial charge >= 0.3 is 6.18 Å². The molecular formula is C13H11F4N3O. The fraction of sp³-hybridized carbons (Fsp3) is 0.231. The van der Waals surface area contributed by atoms with E-state index in [-0.39, 0.29) is 5.56 Å². The molecule has 0 amide bonds. The molecule has 0 saturated heterocycles. The number of hydrogen-bond donors (Lipinski definition) is 1. The van der Waals surface area contributed by atoms with Crippen molar-refractivity contribution in [2.45, 2.75) is 12.2 Å². The van der Waals surface area contributed by atoms with Gasteiger partial charge in [-0.25, -0.2) is 4.39 Å². The van der Waals surface area contributed by atoms with Gasteiger partial charge in [-0.2, -0.15) is 18.3 Å². The topological polar surface area (TPSA) is 60.9 Å². The molecule has 4 nitrogen and oxygen atoms in total. The lowest BCUT2D eigenvalue weighted by Gasteiger charge is -2.12. The van der Waals surface area contributed by atoms with Gasteiger partial charge in [0.25, 0.3) is 0 Å². The fourth-order valence-electron chi connectivity index (χ4n) is 1.83. The Kier molecular flexibility index (Phi) is 3.82. The summed E-state index contributed by atoms with van der Waals surface area (Å²) < 4.78 is 52.5. The highest BCUT2D eigenvalue weighted by atomic mass is 19.4. The van der Waals surface area contributed by atoms with Gasteiger partial charge in [0.15, 0.2) is 5.78 Å². The third-order valence-electron chi connectivity index (χ3n) is 2.92. The Labute approximate surface area is 117 Å². The highest BCUT2D eigenvalue weighted by Crippen LogP contribution is 2.32. The number of rotatable bonds is 3. The summed E-state index contributed by atoms with van der Waals surface area (Å²) in [6.07, 6.45) is -2.05. The molecule has 2 aromatic rings. The van der Waals surface area contributed by atoms with Crippen LogP contribution in [-0.2, 0) is 13.2 Å². The van der Waals surface area contributed by atoms with E-state index >= 15 is 0 Å². The summed E-state index contributed by atoms with van der Waals surface area (Å²) in [5.41, 5.74) is 4.27. The van der Waals surface area contributed by atoms with Crippen LogP contribution in [0.5, 0.6) is 0 Å². The SMILES string of the molecule is Cn1cc(C(N)C(=O)c2ccc(F)c(C(F)(F)F)c2)cn1. The Morgan fingerprint density at radius 2 is 2.05 bits per heavy atom. The number of carbonyl (C=O) groups excluding carboxylic acids is 1. The molecule has 1 heterocycles. The molecule has 1 unspecified atom stereocenters. The van der Waals surface area contributed by atoms with E-state index in [4.69, 9.17) is 5.73 Å². The maximum absolute atomic E-state index is 13.2. The third-order valence-corrected chi connectivity index (χ3v) is 2.92. The Balaban J connectivity index is 2.36. The standard InChI is InChI=1S/C13H11F4N3O/c1-20-6-8(5-19-20)11(18)12(21)7-2-3-10(14)9(4-7)13(15,16)17/h2-6,11H,18H2,1H3. The first-order valence-corrected chi connectivity index (χ1v) is 5.85. The van der Waals surface area contributed by atoms with Crippen LogP contribution in [0.25, 0.3) is 0 Å². The van der Waals surface area contributed by atoms with Gasteiger partial charge in [-0.15, -0.1) is 0 Å². The molecule has 1 atom stereocenters. The number of Topliss-reactive ketones (excluding diaryl/α,β-unsaturated/α-hetero) is 1. The number of nitrogens with zero attached hydrogens (tertiary/aromatic N) is 2. The molecule has 0 aliphatic rings. The number of hydrogen-bond acceptors (Lipinski definition) is 3. The molecule has 0 bridgehead atoms. The molecule has 0 spiro atoms. The molecule has 1 aromatic heterocycles. The molecule has 1 aromatic carbocycles. The van der Waals surface area contributed by atoms with Gasteiger partial charge in [-0.1, -0.05) is 0 Å². The minimum absolute atomic E-state index is 0.305. The molecule has 112 valence electrons.